The van der Waals surface area contributed by atoms with Crippen molar-refractivity contribution in [3.05, 3.63) is 41.5 Å². The van der Waals surface area contributed by atoms with Crippen molar-refractivity contribution in [1.82, 2.24) is 4.90 Å². The summed E-state index contributed by atoms with van der Waals surface area (Å²) in [5.41, 5.74) is 1.98. The lowest BCUT2D eigenvalue weighted by molar-refractivity contribution is -0.131. The van der Waals surface area contributed by atoms with Gasteiger partial charge in [0.2, 0.25) is 0 Å². The van der Waals surface area contributed by atoms with Crippen molar-refractivity contribution in [2.24, 2.45) is 0 Å². The minimum atomic E-state index is -0.948. The Bertz CT molecular complexity index is 415. The zero-order chi connectivity index (χ0) is 13.4. The largest absolute Gasteiger partial charge is 0.478 e. The molecule has 4 heteroatoms. The van der Waals surface area contributed by atoms with Gasteiger partial charge in [0.15, 0.2) is 0 Å². The molecule has 1 aromatic carbocycles. The van der Waals surface area contributed by atoms with Crippen LogP contribution in [-0.4, -0.2) is 40.8 Å². The Morgan fingerprint density at radius 3 is 2.83 bits per heavy atom. The second kappa shape index (κ2) is 7.63. The summed E-state index contributed by atoms with van der Waals surface area (Å²) < 4.78 is 0. The van der Waals surface area contributed by atoms with E-state index in [2.05, 4.69) is 4.90 Å². The average Bonchev–Trinajstić information content (AvgIpc) is 2.36. The predicted octanol–water partition coefficient (Wildman–Crippen LogP) is 1.60. The minimum absolute atomic E-state index is 0.145. The Kier molecular flexibility index (Phi) is 6.11. The molecule has 0 unspecified atom stereocenters. The Balaban J connectivity index is 2.72. The molecule has 18 heavy (non-hydrogen) atoms. The predicted molar refractivity (Wildman–Crippen MR) is 71.1 cm³/mol. The van der Waals surface area contributed by atoms with Crippen LogP contribution in [0.5, 0.6) is 0 Å². The monoisotopic (exact) mass is 249 g/mol. The maximum Gasteiger partial charge on any atom is 0.328 e. The molecule has 0 atom stereocenters. The minimum Gasteiger partial charge on any atom is -0.478 e. The third-order valence-electron chi connectivity index (χ3n) is 2.64. The number of nitrogens with zero attached hydrogens (tertiary/aromatic N) is 1. The molecule has 0 fully saturated rings. The van der Waals surface area contributed by atoms with Gasteiger partial charge >= 0.3 is 5.97 Å². The Morgan fingerprint density at radius 1 is 1.44 bits per heavy atom. The fraction of sp³-hybridized carbons (Fsp3) is 0.357. The van der Waals surface area contributed by atoms with Crippen molar-refractivity contribution in [2.45, 2.75) is 13.5 Å². The van der Waals surface area contributed by atoms with Crippen LogP contribution in [0, 0.1) is 0 Å². The highest BCUT2D eigenvalue weighted by molar-refractivity contribution is 5.85. The molecule has 2 N–H and O–H groups in total. The van der Waals surface area contributed by atoms with Crippen LogP contribution in [0.3, 0.4) is 0 Å². The van der Waals surface area contributed by atoms with Crippen molar-refractivity contribution in [3.63, 3.8) is 0 Å². The molecule has 0 aliphatic carbocycles. The zero-order valence-corrected chi connectivity index (χ0v) is 10.5. The number of likely N-dealkylation sites (N-methyl/N-ethyl adjacent to an activating group) is 1. The van der Waals surface area contributed by atoms with E-state index in [4.69, 9.17) is 10.2 Å². The fourth-order valence-corrected chi connectivity index (χ4v) is 1.71. The summed E-state index contributed by atoms with van der Waals surface area (Å²) in [5.74, 6) is -0.948. The number of aliphatic hydroxyl groups is 1. The summed E-state index contributed by atoms with van der Waals surface area (Å²) in [6.07, 6.45) is 2.71. The third-order valence-corrected chi connectivity index (χ3v) is 2.64. The highest BCUT2D eigenvalue weighted by Crippen LogP contribution is 2.09. The van der Waals surface area contributed by atoms with Crippen molar-refractivity contribution < 1.29 is 15.0 Å². The molecule has 98 valence electrons. The number of hydrogen-bond acceptors (Lipinski definition) is 3. The fourth-order valence-electron chi connectivity index (χ4n) is 1.71. The summed E-state index contributed by atoms with van der Waals surface area (Å²) in [7, 11) is 0. The van der Waals surface area contributed by atoms with Crippen LogP contribution >= 0.6 is 0 Å². The van der Waals surface area contributed by atoms with Crippen molar-refractivity contribution in [2.75, 3.05) is 19.7 Å². The first-order valence-electron chi connectivity index (χ1n) is 5.99. The highest BCUT2D eigenvalue weighted by atomic mass is 16.4. The van der Waals surface area contributed by atoms with Crippen LogP contribution in [0.1, 0.15) is 18.1 Å². The first-order valence-corrected chi connectivity index (χ1v) is 5.99. The maximum atomic E-state index is 10.4. The van der Waals surface area contributed by atoms with E-state index in [0.29, 0.717) is 6.54 Å². The molecule has 0 saturated carbocycles. The summed E-state index contributed by atoms with van der Waals surface area (Å²) in [5, 5.41) is 17.5. The van der Waals surface area contributed by atoms with Gasteiger partial charge in [0.25, 0.3) is 0 Å². The second-order valence-electron chi connectivity index (χ2n) is 4.01. The van der Waals surface area contributed by atoms with E-state index in [1.54, 1.807) is 6.08 Å². The molecule has 1 aromatic rings. The molecule has 0 heterocycles. The topological polar surface area (TPSA) is 60.8 Å². The van der Waals surface area contributed by atoms with Crippen LogP contribution in [0.2, 0.25) is 0 Å². The second-order valence-corrected chi connectivity index (χ2v) is 4.01. The molecule has 0 aliphatic heterocycles. The number of carboxylic acids is 1. The summed E-state index contributed by atoms with van der Waals surface area (Å²) >= 11 is 0. The van der Waals surface area contributed by atoms with Gasteiger partial charge in [0.1, 0.15) is 0 Å². The van der Waals surface area contributed by atoms with Crippen molar-refractivity contribution >= 4 is 12.0 Å². The first-order chi connectivity index (χ1) is 8.65. The number of aliphatic carboxylic acids is 1. The number of benzene rings is 1. The quantitative estimate of drug-likeness (QED) is 0.721. The SMILES string of the molecule is CCN(CCO)Cc1cccc(/C=C/C(=O)O)c1. The third kappa shape index (κ3) is 5.12. The van der Waals surface area contributed by atoms with Gasteiger partial charge in [-0.25, -0.2) is 4.79 Å². The van der Waals surface area contributed by atoms with Crippen LogP contribution in [0.4, 0.5) is 0 Å². The normalized spacial score (nSPS) is 11.3. The van der Waals surface area contributed by atoms with E-state index in [9.17, 15) is 4.79 Å². The molecule has 1 rings (SSSR count). The van der Waals surface area contributed by atoms with E-state index in [1.807, 2.05) is 31.2 Å². The number of hydrogen-bond donors (Lipinski definition) is 2. The smallest absolute Gasteiger partial charge is 0.328 e. The van der Waals surface area contributed by atoms with Gasteiger partial charge in [-0.3, -0.25) is 4.90 Å². The molecular weight excluding hydrogens is 230 g/mol. The number of rotatable bonds is 7. The molecule has 0 aromatic heterocycles. The Labute approximate surface area is 107 Å². The molecule has 0 bridgehead atoms. The van der Waals surface area contributed by atoms with E-state index < -0.39 is 5.97 Å². The molecule has 0 spiro atoms. The lowest BCUT2D eigenvalue weighted by Crippen LogP contribution is -2.26. The average molecular weight is 249 g/mol. The Hall–Kier alpha value is -1.65. The lowest BCUT2D eigenvalue weighted by atomic mass is 10.1. The van der Waals surface area contributed by atoms with E-state index in [1.165, 1.54) is 0 Å². The Morgan fingerprint density at radius 2 is 2.22 bits per heavy atom. The molecule has 0 radical (unpaired) electrons. The standard InChI is InChI=1S/C14H19NO3/c1-2-15(8-9-16)11-13-5-3-4-12(10-13)6-7-14(17)18/h3-7,10,16H,2,8-9,11H2,1H3,(H,17,18)/b7-6+. The van der Waals surface area contributed by atoms with Gasteiger partial charge in [0, 0.05) is 19.2 Å². The molecular formula is C14H19NO3. The molecule has 0 amide bonds. The number of carboxylic acid groups (broad SMARTS) is 1. The van der Waals surface area contributed by atoms with Gasteiger partial charge in [-0.1, -0.05) is 31.2 Å². The van der Waals surface area contributed by atoms with Crippen molar-refractivity contribution in [1.29, 1.82) is 0 Å². The summed E-state index contributed by atoms with van der Waals surface area (Å²) in [6, 6.07) is 7.73. The van der Waals surface area contributed by atoms with Crippen LogP contribution < -0.4 is 0 Å². The number of carbonyl (C=O) groups is 1. The summed E-state index contributed by atoms with van der Waals surface area (Å²) in [6.45, 7) is 4.46. The van der Waals surface area contributed by atoms with Gasteiger partial charge < -0.3 is 10.2 Å². The zero-order valence-electron chi connectivity index (χ0n) is 10.5. The van der Waals surface area contributed by atoms with Crippen LogP contribution in [0.25, 0.3) is 6.08 Å². The van der Waals surface area contributed by atoms with Crippen LogP contribution in [0.15, 0.2) is 30.3 Å². The maximum absolute atomic E-state index is 10.4. The molecule has 0 saturated heterocycles. The molecule has 4 nitrogen and oxygen atoms in total. The van der Waals surface area contributed by atoms with E-state index >= 15 is 0 Å². The van der Waals surface area contributed by atoms with Gasteiger partial charge in [-0.05, 0) is 23.7 Å². The first kappa shape index (κ1) is 14.4. The van der Waals surface area contributed by atoms with Gasteiger partial charge in [0.05, 0.1) is 6.61 Å². The van der Waals surface area contributed by atoms with E-state index in [0.717, 1.165) is 30.3 Å². The number of aliphatic hydroxyl groups excluding tert-OH is 1. The van der Waals surface area contributed by atoms with Gasteiger partial charge in [-0.15, -0.1) is 0 Å². The summed E-state index contributed by atoms with van der Waals surface area (Å²) in [4.78, 5) is 12.6. The van der Waals surface area contributed by atoms with E-state index in [-0.39, 0.29) is 6.61 Å². The molecule has 0 aliphatic rings. The van der Waals surface area contributed by atoms with Crippen molar-refractivity contribution in [3.8, 4) is 0 Å². The van der Waals surface area contributed by atoms with Crippen LogP contribution in [-0.2, 0) is 11.3 Å². The highest BCUT2D eigenvalue weighted by Gasteiger charge is 2.03. The van der Waals surface area contributed by atoms with Gasteiger partial charge in [-0.2, -0.15) is 0 Å². The lowest BCUT2D eigenvalue weighted by Gasteiger charge is -2.19.